The van der Waals surface area contributed by atoms with E-state index in [9.17, 15) is 9.59 Å². The van der Waals surface area contributed by atoms with E-state index in [1.54, 1.807) is 23.5 Å². The minimum Gasteiger partial charge on any atom is -0.345 e. The van der Waals surface area contributed by atoms with Gasteiger partial charge in [-0.2, -0.15) is 0 Å². The summed E-state index contributed by atoms with van der Waals surface area (Å²) >= 11 is 1.65. The third-order valence-electron chi connectivity index (χ3n) is 5.57. The van der Waals surface area contributed by atoms with Gasteiger partial charge in [-0.1, -0.05) is 25.8 Å². The molecule has 150 valence electrons. The van der Waals surface area contributed by atoms with Gasteiger partial charge in [0.15, 0.2) is 0 Å². The van der Waals surface area contributed by atoms with Crippen molar-refractivity contribution in [3.05, 3.63) is 48.0 Å². The highest BCUT2D eigenvalue weighted by Crippen LogP contribution is 2.31. The molecule has 6 heteroatoms. The summed E-state index contributed by atoms with van der Waals surface area (Å²) < 4.78 is 1.16. The number of carbonyl (C=O) groups is 2. The van der Waals surface area contributed by atoms with Crippen molar-refractivity contribution in [1.29, 1.82) is 0 Å². The second-order valence-electron chi connectivity index (χ2n) is 7.86. The molecule has 2 N–H and O–H groups in total. The van der Waals surface area contributed by atoms with E-state index in [4.69, 9.17) is 0 Å². The number of carbonyl (C=O) groups excluding carboxylic acids is 2. The summed E-state index contributed by atoms with van der Waals surface area (Å²) in [5, 5.41) is 6.51. The molecule has 29 heavy (non-hydrogen) atoms. The van der Waals surface area contributed by atoms with Crippen LogP contribution in [0.4, 0.5) is 5.69 Å². The Hall–Kier alpha value is -2.73. The third kappa shape index (κ3) is 4.48. The van der Waals surface area contributed by atoms with Gasteiger partial charge in [-0.15, -0.1) is 11.3 Å². The van der Waals surface area contributed by atoms with Gasteiger partial charge in [0.1, 0.15) is 5.01 Å². The standard InChI is InChI=1S/C23H25N3O2S/c1-14-7-12-19-20(13-14)29-23(26-19)16-8-10-17(11-9-16)24-21(27)22(28)25-18-6-4-3-5-15(18)2/h7-13,15,18H,3-6H2,1-2H3,(H,24,27)(H,25,28). The molecule has 3 aromatic rings. The second-order valence-corrected chi connectivity index (χ2v) is 8.89. The van der Waals surface area contributed by atoms with Gasteiger partial charge in [-0.25, -0.2) is 4.98 Å². The lowest BCUT2D eigenvalue weighted by atomic mass is 9.86. The van der Waals surface area contributed by atoms with E-state index < -0.39 is 11.8 Å². The molecule has 1 fully saturated rings. The Bertz CT molecular complexity index is 1040. The zero-order valence-corrected chi connectivity index (χ0v) is 17.5. The summed E-state index contributed by atoms with van der Waals surface area (Å²) in [6.45, 7) is 4.20. The van der Waals surface area contributed by atoms with Crippen LogP contribution in [0.5, 0.6) is 0 Å². The summed E-state index contributed by atoms with van der Waals surface area (Å²) in [7, 11) is 0. The zero-order valence-electron chi connectivity index (χ0n) is 16.7. The van der Waals surface area contributed by atoms with Gasteiger partial charge in [0, 0.05) is 17.3 Å². The van der Waals surface area contributed by atoms with E-state index in [2.05, 4.69) is 41.6 Å². The first-order valence-electron chi connectivity index (χ1n) is 10.1. The number of thiazole rings is 1. The quantitative estimate of drug-likeness (QED) is 0.606. The summed E-state index contributed by atoms with van der Waals surface area (Å²) in [4.78, 5) is 29.2. The molecule has 0 saturated heterocycles. The molecule has 2 amide bonds. The van der Waals surface area contributed by atoms with Crippen LogP contribution in [0.2, 0.25) is 0 Å². The average molecular weight is 408 g/mol. The molecule has 0 spiro atoms. The predicted molar refractivity (Wildman–Crippen MR) is 118 cm³/mol. The zero-order chi connectivity index (χ0) is 20.4. The largest absolute Gasteiger partial charge is 0.345 e. The molecule has 2 atom stereocenters. The van der Waals surface area contributed by atoms with Crippen molar-refractivity contribution in [3.63, 3.8) is 0 Å². The van der Waals surface area contributed by atoms with Crippen molar-refractivity contribution >= 4 is 39.1 Å². The number of hydrogen-bond acceptors (Lipinski definition) is 4. The molecule has 5 nitrogen and oxygen atoms in total. The van der Waals surface area contributed by atoms with E-state index in [0.717, 1.165) is 40.1 Å². The minimum absolute atomic E-state index is 0.0899. The molecule has 4 rings (SSSR count). The van der Waals surface area contributed by atoms with Crippen LogP contribution in [0.1, 0.15) is 38.2 Å². The highest BCUT2D eigenvalue weighted by atomic mass is 32.1. The smallest absolute Gasteiger partial charge is 0.313 e. The maximum Gasteiger partial charge on any atom is 0.313 e. The normalized spacial score (nSPS) is 19.1. The van der Waals surface area contributed by atoms with Gasteiger partial charge in [0.2, 0.25) is 0 Å². The molecule has 2 aromatic carbocycles. The molecule has 0 radical (unpaired) electrons. The first-order valence-corrected chi connectivity index (χ1v) is 10.9. The number of aromatic nitrogens is 1. The number of aryl methyl sites for hydroxylation is 1. The molecule has 0 aliphatic heterocycles. The maximum absolute atomic E-state index is 12.3. The van der Waals surface area contributed by atoms with Crippen LogP contribution in [0, 0.1) is 12.8 Å². The number of amides is 2. The first kappa shape index (κ1) is 19.6. The van der Waals surface area contributed by atoms with Crippen LogP contribution in [-0.2, 0) is 9.59 Å². The fourth-order valence-corrected chi connectivity index (χ4v) is 4.87. The summed E-state index contributed by atoms with van der Waals surface area (Å²) in [5.74, 6) is -0.766. The Labute approximate surface area is 174 Å². The Balaban J connectivity index is 1.40. The third-order valence-corrected chi connectivity index (χ3v) is 6.64. The predicted octanol–water partition coefficient (Wildman–Crippen LogP) is 4.91. The summed E-state index contributed by atoms with van der Waals surface area (Å²) in [6, 6.07) is 13.8. The Morgan fingerprint density at radius 1 is 1.03 bits per heavy atom. The summed E-state index contributed by atoms with van der Waals surface area (Å²) in [6.07, 6.45) is 4.33. The van der Waals surface area contributed by atoms with Crippen LogP contribution in [0.3, 0.4) is 0 Å². The molecule has 0 bridgehead atoms. The van der Waals surface area contributed by atoms with Gasteiger partial charge >= 0.3 is 11.8 Å². The first-order chi connectivity index (χ1) is 14.0. The van der Waals surface area contributed by atoms with Crippen molar-refractivity contribution in [2.75, 3.05) is 5.32 Å². The number of rotatable bonds is 3. The number of benzene rings is 2. The molecule has 1 heterocycles. The van der Waals surface area contributed by atoms with E-state index in [1.807, 2.05) is 18.2 Å². The number of nitrogens with zero attached hydrogens (tertiary/aromatic N) is 1. The highest BCUT2D eigenvalue weighted by Gasteiger charge is 2.25. The van der Waals surface area contributed by atoms with Crippen molar-refractivity contribution in [2.24, 2.45) is 5.92 Å². The van der Waals surface area contributed by atoms with Crippen LogP contribution in [-0.4, -0.2) is 22.8 Å². The van der Waals surface area contributed by atoms with Crippen LogP contribution < -0.4 is 10.6 Å². The van der Waals surface area contributed by atoms with Crippen LogP contribution in [0.15, 0.2) is 42.5 Å². The van der Waals surface area contributed by atoms with E-state index in [0.29, 0.717) is 11.6 Å². The number of anilines is 1. The van der Waals surface area contributed by atoms with E-state index >= 15 is 0 Å². The van der Waals surface area contributed by atoms with E-state index in [-0.39, 0.29) is 6.04 Å². The van der Waals surface area contributed by atoms with E-state index in [1.165, 1.54) is 12.0 Å². The highest BCUT2D eigenvalue weighted by molar-refractivity contribution is 7.21. The average Bonchev–Trinajstić information content (AvgIpc) is 3.13. The number of nitrogens with one attached hydrogen (secondary N) is 2. The van der Waals surface area contributed by atoms with Crippen LogP contribution >= 0.6 is 11.3 Å². The fraction of sp³-hybridized carbons (Fsp3) is 0.348. The molecule has 2 unspecified atom stereocenters. The molecule has 1 aliphatic rings. The molecule has 1 aliphatic carbocycles. The molecule has 1 aromatic heterocycles. The lowest BCUT2D eigenvalue weighted by molar-refractivity contribution is -0.137. The Kier molecular flexibility index (Phi) is 5.62. The molecule has 1 saturated carbocycles. The van der Waals surface area contributed by atoms with Gasteiger partial charge < -0.3 is 10.6 Å². The van der Waals surface area contributed by atoms with Gasteiger partial charge in [0.05, 0.1) is 10.2 Å². The van der Waals surface area contributed by atoms with Crippen molar-refractivity contribution in [1.82, 2.24) is 10.3 Å². The SMILES string of the molecule is Cc1ccc2nc(-c3ccc(NC(=O)C(=O)NC4CCCCC4C)cc3)sc2c1. The minimum atomic E-state index is -0.619. The fourth-order valence-electron chi connectivity index (χ4n) is 3.80. The monoisotopic (exact) mass is 407 g/mol. The van der Waals surface area contributed by atoms with Gasteiger partial charge in [0.25, 0.3) is 0 Å². The topological polar surface area (TPSA) is 71.1 Å². The Morgan fingerprint density at radius 3 is 2.55 bits per heavy atom. The lowest BCUT2D eigenvalue weighted by Gasteiger charge is -2.29. The van der Waals surface area contributed by atoms with Crippen molar-refractivity contribution in [2.45, 2.75) is 45.6 Å². The lowest BCUT2D eigenvalue weighted by Crippen LogP contribution is -2.45. The summed E-state index contributed by atoms with van der Waals surface area (Å²) in [5.41, 5.74) is 3.79. The number of hydrogen-bond donors (Lipinski definition) is 2. The molecular formula is C23H25N3O2S. The Morgan fingerprint density at radius 2 is 1.79 bits per heavy atom. The van der Waals surface area contributed by atoms with Crippen molar-refractivity contribution in [3.8, 4) is 10.6 Å². The molecular weight excluding hydrogens is 382 g/mol. The number of fused-ring (bicyclic) bond motifs is 1. The maximum atomic E-state index is 12.3. The van der Waals surface area contributed by atoms with Crippen molar-refractivity contribution < 1.29 is 9.59 Å². The van der Waals surface area contributed by atoms with Gasteiger partial charge in [-0.3, -0.25) is 9.59 Å². The van der Waals surface area contributed by atoms with Gasteiger partial charge in [-0.05, 0) is 67.6 Å². The van der Waals surface area contributed by atoms with Crippen LogP contribution in [0.25, 0.3) is 20.8 Å². The second kappa shape index (κ2) is 8.33.